The molecule has 0 spiro atoms. The summed E-state index contributed by atoms with van der Waals surface area (Å²) in [7, 11) is 0. The van der Waals surface area contributed by atoms with Crippen molar-refractivity contribution in [3.05, 3.63) is 60.3 Å². The van der Waals surface area contributed by atoms with Gasteiger partial charge in [0.25, 0.3) is 0 Å². The minimum absolute atomic E-state index is 0.266. The zero-order chi connectivity index (χ0) is 15.8. The average Bonchev–Trinajstić information content (AvgIpc) is 2.99. The van der Waals surface area contributed by atoms with Gasteiger partial charge in [0.2, 0.25) is 0 Å². The monoisotopic (exact) mass is 305 g/mol. The topological polar surface area (TPSA) is 67.3 Å². The molecule has 0 atom stereocenters. The fourth-order valence-electron chi connectivity index (χ4n) is 2.54. The lowest BCUT2D eigenvalue weighted by Crippen LogP contribution is -1.90. The highest BCUT2D eigenvalue weighted by atomic mass is 19.1. The van der Waals surface area contributed by atoms with Crippen molar-refractivity contribution in [3.8, 4) is 22.5 Å². The van der Waals surface area contributed by atoms with E-state index in [2.05, 4.69) is 25.1 Å². The zero-order valence-corrected chi connectivity index (χ0v) is 12.3. The molecular formula is C17H12FN5. The van der Waals surface area contributed by atoms with E-state index in [1.807, 2.05) is 19.1 Å². The molecule has 0 aliphatic rings. The number of benzene rings is 1. The number of pyridine rings is 1. The maximum absolute atomic E-state index is 13.3. The highest BCUT2D eigenvalue weighted by molar-refractivity contribution is 5.89. The SMILES string of the molecule is Cc1cc(F)ccc1-c1[nH]nc2ncc(-c3cccnc3)nc12. The second-order valence-corrected chi connectivity index (χ2v) is 5.23. The number of aromatic nitrogens is 5. The molecule has 3 aromatic heterocycles. The van der Waals surface area contributed by atoms with E-state index in [0.717, 1.165) is 22.4 Å². The van der Waals surface area contributed by atoms with Crippen LogP contribution in [0.25, 0.3) is 33.7 Å². The van der Waals surface area contributed by atoms with E-state index in [9.17, 15) is 4.39 Å². The Kier molecular flexibility index (Phi) is 3.08. The second-order valence-electron chi connectivity index (χ2n) is 5.23. The fourth-order valence-corrected chi connectivity index (χ4v) is 2.54. The van der Waals surface area contributed by atoms with Crippen LogP contribution in [0.5, 0.6) is 0 Å². The van der Waals surface area contributed by atoms with E-state index < -0.39 is 0 Å². The Balaban J connectivity index is 1.91. The normalized spacial score (nSPS) is 11.0. The number of hydrogen-bond donors (Lipinski definition) is 1. The van der Waals surface area contributed by atoms with Gasteiger partial charge in [0.1, 0.15) is 11.3 Å². The number of H-pyrrole nitrogens is 1. The molecule has 5 nitrogen and oxygen atoms in total. The number of nitrogens with one attached hydrogen (secondary N) is 1. The highest BCUT2D eigenvalue weighted by Gasteiger charge is 2.14. The molecule has 3 heterocycles. The number of aryl methyl sites for hydroxylation is 1. The molecule has 0 amide bonds. The molecular weight excluding hydrogens is 293 g/mol. The lowest BCUT2D eigenvalue weighted by atomic mass is 10.1. The molecule has 0 saturated carbocycles. The highest BCUT2D eigenvalue weighted by Crippen LogP contribution is 2.28. The van der Waals surface area contributed by atoms with Gasteiger partial charge in [-0.3, -0.25) is 10.1 Å². The first-order chi connectivity index (χ1) is 11.2. The Bertz CT molecular complexity index is 994. The summed E-state index contributed by atoms with van der Waals surface area (Å²) in [5, 5.41) is 7.14. The van der Waals surface area contributed by atoms with Crippen LogP contribution >= 0.6 is 0 Å². The Labute approximate surface area is 131 Å². The minimum atomic E-state index is -0.266. The molecule has 0 aliphatic heterocycles. The number of aromatic amines is 1. The van der Waals surface area contributed by atoms with Crippen molar-refractivity contribution >= 4 is 11.2 Å². The molecule has 1 N–H and O–H groups in total. The van der Waals surface area contributed by atoms with E-state index >= 15 is 0 Å². The average molecular weight is 305 g/mol. The standard InChI is InChI=1S/C17H12FN5/c1-10-7-12(18)4-5-13(10)15-16-17(23-22-15)20-9-14(21-16)11-3-2-6-19-8-11/h2-9H,1H3,(H,20,22,23). The summed E-state index contributed by atoms with van der Waals surface area (Å²) in [5.74, 6) is -0.266. The molecule has 1 aromatic carbocycles. The summed E-state index contributed by atoms with van der Waals surface area (Å²) in [6.07, 6.45) is 5.11. The van der Waals surface area contributed by atoms with Crippen LogP contribution in [0.4, 0.5) is 4.39 Å². The van der Waals surface area contributed by atoms with Gasteiger partial charge in [-0.25, -0.2) is 14.4 Å². The first-order valence-electron chi connectivity index (χ1n) is 7.10. The smallest absolute Gasteiger partial charge is 0.200 e. The van der Waals surface area contributed by atoms with Crippen LogP contribution in [-0.2, 0) is 0 Å². The number of hydrogen-bond acceptors (Lipinski definition) is 4. The van der Waals surface area contributed by atoms with Crippen LogP contribution < -0.4 is 0 Å². The van der Waals surface area contributed by atoms with E-state index in [-0.39, 0.29) is 5.82 Å². The lowest BCUT2D eigenvalue weighted by Gasteiger charge is -2.04. The number of fused-ring (bicyclic) bond motifs is 1. The molecule has 0 saturated heterocycles. The maximum Gasteiger partial charge on any atom is 0.200 e. The van der Waals surface area contributed by atoms with Crippen LogP contribution in [0.1, 0.15) is 5.56 Å². The van der Waals surface area contributed by atoms with Gasteiger partial charge in [0.15, 0.2) is 5.65 Å². The van der Waals surface area contributed by atoms with Gasteiger partial charge in [-0.2, -0.15) is 5.10 Å². The van der Waals surface area contributed by atoms with Crippen molar-refractivity contribution in [2.75, 3.05) is 0 Å². The Morgan fingerprint density at radius 3 is 2.83 bits per heavy atom. The van der Waals surface area contributed by atoms with Crippen molar-refractivity contribution < 1.29 is 4.39 Å². The molecule has 6 heteroatoms. The van der Waals surface area contributed by atoms with Gasteiger partial charge in [-0.15, -0.1) is 0 Å². The van der Waals surface area contributed by atoms with E-state index in [0.29, 0.717) is 16.9 Å². The Hall–Kier alpha value is -3.15. The van der Waals surface area contributed by atoms with Crippen molar-refractivity contribution in [1.29, 1.82) is 0 Å². The van der Waals surface area contributed by atoms with Gasteiger partial charge in [0, 0.05) is 23.5 Å². The summed E-state index contributed by atoms with van der Waals surface area (Å²) in [6, 6.07) is 8.40. The summed E-state index contributed by atoms with van der Waals surface area (Å²) >= 11 is 0. The Morgan fingerprint density at radius 1 is 1.13 bits per heavy atom. The predicted octanol–water partition coefficient (Wildman–Crippen LogP) is 3.53. The first kappa shape index (κ1) is 13.5. The van der Waals surface area contributed by atoms with Crippen LogP contribution in [0.15, 0.2) is 48.9 Å². The minimum Gasteiger partial charge on any atom is -0.273 e. The largest absolute Gasteiger partial charge is 0.273 e. The van der Waals surface area contributed by atoms with Crippen molar-refractivity contribution in [3.63, 3.8) is 0 Å². The van der Waals surface area contributed by atoms with Gasteiger partial charge < -0.3 is 0 Å². The van der Waals surface area contributed by atoms with E-state index in [1.54, 1.807) is 24.7 Å². The van der Waals surface area contributed by atoms with Crippen molar-refractivity contribution in [1.82, 2.24) is 25.1 Å². The quantitative estimate of drug-likeness (QED) is 0.615. The molecule has 112 valence electrons. The summed E-state index contributed by atoms with van der Waals surface area (Å²) < 4.78 is 13.3. The van der Waals surface area contributed by atoms with Gasteiger partial charge >= 0.3 is 0 Å². The number of rotatable bonds is 2. The molecule has 0 unspecified atom stereocenters. The molecule has 0 bridgehead atoms. The van der Waals surface area contributed by atoms with Crippen LogP contribution in [0.3, 0.4) is 0 Å². The van der Waals surface area contributed by atoms with E-state index in [4.69, 9.17) is 0 Å². The summed E-state index contributed by atoms with van der Waals surface area (Å²) in [5.41, 5.74) is 5.17. The molecule has 0 aliphatic carbocycles. The number of halogens is 1. The number of nitrogens with zero attached hydrogens (tertiary/aromatic N) is 4. The fraction of sp³-hybridized carbons (Fsp3) is 0.0588. The van der Waals surface area contributed by atoms with Crippen LogP contribution in [-0.4, -0.2) is 25.1 Å². The molecule has 4 rings (SSSR count). The second kappa shape index (κ2) is 5.24. The van der Waals surface area contributed by atoms with Crippen LogP contribution in [0.2, 0.25) is 0 Å². The third kappa shape index (κ3) is 2.34. The molecule has 4 aromatic rings. The van der Waals surface area contributed by atoms with Gasteiger partial charge in [-0.1, -0.05) is 0 Å². The predicted molar refractivity (Wildman–Crippen MR) is 85.0 cm³/mol. The first-order valence-corrected chi connectivity index (χ1v) is 7.10. The van der Waals surface area contributed by atoms with Gasteiger partial charge in [-0.05, 0) is 42.8 Å². The van der Waals surface area contributed by atoms with Crippen LogP contribution in [0, 0.1) is 12.7 Å². The maximum atomic E-state index is 13.3. The lowest BCUT2D eigenvalue weighted by molar-refractivity contribution is 0.627. The molecule has 0 radical (unpaired) electrons. The van der Waals surface area contributed by atoms with Crippen molar-refractivity contribution in [2.45, 2.75) is 6.92 Å². The third-order valence-corrected chi connectivity index (χ3v) is 3.68. The van der Waals surface area contributed by atoms with Gasteiger partial charge in [0.05, 0.1) is 17.6 Å². The molecule has 0 fully saturated rings. The van der Waals surface area contributed by atoms with Crippen molar-refractivity contribution in [2.24, 2.45) is 0 Å². The summed E-state index contributed by atoms with van der Waals surface area (Å²) in [6.45, 7) is 1.85. The molecule has 23 heavy (non-hydrogen) atoms. The van der Waals surface area contributed by atoms with E-state index in [1.165, 1.54) is 12.1 Å². The zero-order valence-electron chi connectivity index (χ0n) is 12.3. The third-order valence-electron chi connectivity index (χ3n) is 3.68. The summed E-state index contributed by atoms with van der Waals surface area (Å²) in [4.78, 5) is 13.1. The Morgan fingerprint density at radius 2 is 2.04 bits per heavy atom.